The van der Waals surface area contributed by atoms with Crippen molar-refractivity contribution in [3.8, 4) is 11.5 Å². The van der Waals surface area contributed by atoms with Crippen LogP contribution in [0.1, 0.15) is 18.9 Å². The lowest BCUT2D eigenvalue weighted by Crippen LogP contribution is -2.30. The van der Waals surface area contributed by atoms with Crippen LogP contribution in [0.2, 0.25) is 0 Å². The fraction of sp³-hybridized carbons (Fsp3) is 0.300. The number of carbonyl (C=O) groups is 2. The summed E-state index contributed by atoms with van der Waals surface area (Å²) >= 11 is 0. The minimum atomic E-state index is -0.999. The molecule has 1 amide bonds. The van der Waals surface area contributed by atoms with E-state index < -0.39 is 23.8 Å². The van der Waals surface area contributed by atoms with E-state index in [1.165, 1.54) is 25.1 Å². The number of methoxy groups -OCH3 is 2. The van der Waals surface area contributed by atoms with Crippen molar-refractivity contribution in [1.82, 2.24) is 0 Å². The number of aryl methyl sites for hydroxylation is 1. The summed E-state index contributed by atoms with van der Waals surface area (Å²) in [5, 5.41) is 2.50. The standard InChI is InChI=1S/C20H22FNO5/c1-13(20(24)22-16-6-4-5-15(21)11-16)27-19(23)8-7-14-9-17(25-2)12-18(10-14)26-3/h4-6,9-13H,7-8H2,1-3H3,(H,22,24)/t13-/m0/s1. The van der Waals surface area contributed by atoms with Crippen molar-refractivity contribution in [2.45, 2.75) is 25.9 Å². The minimum absolute atomic E-state index is 0.0912. The quantitative estimate of drug-likeness (QED) is 0.717. The Morgan fingerprint density at radius 3 is 2.33 bits per heavy atom. The van der Waals surface area contributed by atoms with Gasteiger partial charge in [0.1, 0.15) is 17.3 Å². The molecule has 1 atom stereocenters. The van der Waals surface area contributed by atoms with Gasteiger partial charge in [0.25, 0.3) is 5.91 Å². The third-order valence-corrected chi connectivity index (χ3v) is 3.80. The average molecular weight is 375 g/mol. The number of rotatable bonds is 8. The summed E-state index contributed by atoms with van der Waals surface area (Å²) in [6.45, 7) is 1.46. The second-order valence-corrected chi connectivity index (χ2v) is 5.85. The number of ether oxygens (including phenoxy) is 3. The summed E-state index contributed by atoms with van der Waals surface area (Å²) in [7, 11) is 3.09. The van der Waals surface area contributed by atoms with Crippen molar-refractivity contribution < 1.29 is 28.2 Å². The Balaban J connectivity index is 1.86. The van der Waals surface area contributed by atoms with E-state index in [4.69, 9.17) is 14.2 Å². The van der Waals surface area contributed by atoms with Crippen molar-refractivity contribution in [2.24, 2.45) is 0 Å². The molecule has 1 N–H and O–H groups in total. The van der Waals surface area contributed by atoms with Crippen LogP contribution in [-0.4, -0.2) is 32.2 Å². The van der Waals surface area contributed by atoms with E-state index in [0.29, 0.717) is 23.6 Å². The first-order valence-corrected chi connectivity index (χ1v) is 8.39. The molecule has 0 aromatic heterocycles. The van der Waals surface area contributed by atoms with Gasteiger partial charge in [-0.3, -0.25) is 9.59 Å². The molecule has 0 saturated carbocycles. The highest BCUT2D eigenvalue weighted by Crippen LogP contribution is 2.23. The predicted octanol–water partition coefficient (Wildman–Crippen LogP) is 3.35. The molecule has 0 saturated heterocycles. The number of amides is 1. The first-order chi connectivity index (χ1) is 12.9. The van der Waals surface area contributed by atoms with Crippen LogP contribution in [0.4, 0.5) is 10.1 Å². The third kappa shape index (κ3) is 6.29. The van der Waals surface area contributed by atoms with E-state index in [0.717, 1.165) is 5.56 Å². The summed E-state index contributed by atoms with van der Waals surface area (Å²) < 4.78 is 28.7. The zero-order chi connectivity index (χ0) is 19.8. The smallest absolute Gasteiger partial charge is 0.306 e. The molecule has 7 heteroatoms. The molecule has 6 nitrogen and oxygen atoms in total. The van der Waals surface area contributed by atoms with Gasteiger partial charge in [-0.25, -0.2) is 4.39 Å². The van der Waals surface area contributed by atoms with Gasteiger partial charge in [-0.15, -0.1) is 0 Å². The fourth-order valence-electron chi connectivity index (χ4n) is 2.38. The van der Waals surface area contributed by atoms with Crippen LogP contribution in [-0.2, 0) is 20.7 Å². The van der Waals surface area contributed by atoms with Gasteiger partial charge < -0.3 is 19.5 Å². The zero-order valence-electron chi connectivity index (χ0n) is 15.5. The second-order valence-electron chi connectivity index (χ2n) is 5.85. The Hall–Kier alpha value is -3.09. The van der Waals surface area contributed by atoms with Crippen LogP contribution in [0.3, 0.4) is 0 Å². The van der Waals surface area contributed by atoms with Gasteiger partial charge in [0.05, 0.1) is 14.2 Å². The Morgan fingerprint density at radius 1 is 1.07 bits per heavy atom. The van der Waals surface area contributed by atoms with Crippen molar-refractivity contribution in [2.75, 3.05) is 19.5 Å². The molecule has 0 fully saturated rings. The Kier molecular flexibility index (Phi) is 7.16. The Bertz CT molecular complexity index is 786. The largest absolute Gasteiger partial charge is 0.497 e. The molecule has 27 heavy (non-hydrogen) atoms. The number of nitrogens with one attached hydrogen (secondary N) is 1. The van der Waals surface area contributed by atoms with Gasteiger partial charge in [-0.2, -0.15) is 0 Å². The first-order valence-electron chi connectivity index (χ1n) is 8.39. The summed E-state index contributed by atoms with van der Waals surface area (Å²) in [5.74, 6) is -0.261. The number of anilines is 1. The molecular formula is C20H22FNO5. The van der Waals surface area contributed by atoms with Crippen LogP contribution >= 0.6 is 0 Å². The van der Waals surface area contributed by atoms with E-state index in [1.54, 1.807) is 38.5 Å². The predicted molar refractivity (Wildman–Crippen MR) is 98.5 cm³/mol. The van der Waals surface area contributed by atoms with E-state index in [9.17, 15) is 14.0 Å². The Labute approximate surface area is 157 Å². The van der Waals surface area contributed by atoms with Gasteiger partial charge in [0, 0.05) is 18.2 Å². The minimum Gasteiger partial charge on any atom is -0.497 e. The number of carbonyl (C=O) groups excluding carboxylic acids is 2. The maximum absolute atomic E-state index is 13.1. The summed E-state index contributed by atoms with van der Waals surface area (Å²) in [6, 6.07) is 10.8. The van der Waals surface area contributed by atoms with Crippen molar-refractivity contribution >= 4 is 17.6 Å². The number of hydrogen-bond donors (Lipinski definition) is 1. The molecule has 0 spiro atoms. The zero-order valence-corrected chi connectivity index (χ0v) is 15.5. The highest BCUT2D eigenvalue weighted by atomic mass is 19.1. The number of hydrogen-bond acceptors (Lipinski definition) is 5. The second kappa shape index (κ2) is 9.56. The maximum Gasteiger partial charge on any atom is 0.306 e. The average Bonchev–Trinajstić information content (AvgIpc) is 2.66. The summed E-state index contributed by atoms with van der Waals surface area (Å²) in [6.07, 6.45) is -0.501. The molecule has 0 radical (unpaired) electrons. The molecule has 0 aliphatic rings. The Morgan fingerprint density at radius 2 is 1.74 bits per heavy atom. The normalized spacial score (nSPS) is 11.4. The number of halogens is 1. The van der Waals surface area contributed by atoms with Gasteiger partial charge in [-0.1, -0.05) is 6.07 Å². The third-order valence-electron chi connectivity index (χ3n) is 3.80. The van der Waals surface area contributed by atoms with Crippen LogP contribution in [0.15, 0.2) is 42.5 Å². The molecule has 144 valence electrons. The van der Waals surface area contributed by atoms with Gasteiger partial charge in [-0.05, 0) is 49.2 Å². The molecular weight excluding hydrogens is 353 g/mol. The molecule has 2 rings (SSSR count). The molecule has 2 aromatic carbocycles. The lowest BCUT2D eigenvalue weighted by molar-refractivity contribution is -0.153. The van der Waals surface area contributed by atoms with Gasteiger partial charge in [0.15, 0.2) is 6.10 Å². The molecule has 0 heterocycles. The number of benzene rings is 2. The molecule has 0 bridgehead atoms. The molecule has 0 aliphatic carbocycles. The van der Waals surface area contributed by atoms with E-state index in [1.807, 2.05) is 0 Å². The van der Waals surface area contributed by atoms with Gasteiger partial charge in [0.2, 0.25) is 0 Å². The van der Waals surface area contributed by atoms with Gasteiger partial charge >= 0.3 is 5.97 Å². The monoisotopic (exact) mass is 375 g/mol. The van der Waals surface area contributed by atoms with Crippen LogP contribution < -0.4 is 14.8 Å². The topological polar surface area (TPSA) is 73.9 Å². The maximum atomic E-state index is 13.1. The fourth-order valence-corrected chi connectivity index (χ4v) is 2.38. The van der Waals surface area contributed by atoms with E-state index in [2.05, 4.69) is 5.32 Å². The van der Waals surface area contributed by atoms with Crippen molar-refractivity contribution in [3.05, 3.63) is 53.8 Å². The lowest BCUT2D eigenvalue weighted by Gasteiger charge is -2.14. The number of esters is 1. The van der Waals surface area contributed by atoms with E-state index in [-0.39, 0.29) is 6.42 Å². The highest BCUT2D eigenvalue weighted by Gasteiger charge is 2.18. The SMILES string of the molecule is COc1cc(CCC(=O)O[C@@H](C)C(=O)Nc2cccc(F)c2)cc(OC)c1. The van der Waals surface area contributed by atoms with Crippen LogP contribution in [0, 0.1) is 5.82 Å². The van der Waals surface area contributed by atoms with Crippen LogP contribution in [0.5, 0.6) is 11.5 Å². The highest BCUT2D eigenvalue weighted by molar-refractivity contribution is 5.95. The van der Waals surface area contributed by atoms with Crippen molar-refractivity contribution in [1.29, 1.82) is 0 Å². The molecule has 0 aliphatic heterocycles. The molecule has 2 aromatic rings. The summed E-state index contributed by atoms with van der Waals surface area (Å²) in [5.41, 5.74) is 1.14. The summed E-state index contributed by atoms with van der Waals surface area (Å²) in [4.78, 5) is 24.1. The lowest BCUT2D eigenvalue weighted by atomic mass is 10.1. The first kappa shape index (κ1) is 20.2. The van der Waals surface area contributed by atoms with E-state index >= 15 is 0 Å². The molecule has 0 unspecified atom stereocenters. The van der Waals surface area contributed by atoms with Crippen molar-refractivity contribution in [3.63, 3.8) is 0 Å². The van der Waals surface area contributed by atoms with Crippen LogP contribution in [0.25, 0.3) is 0 Å².